The highest BCUT2D eigenvalue weighted by Gasteiger charge is 2.39. The maximum atomic E-state index is 13.8. The summed E-state index contributed by atoms with van der Waals surface area (Å²) < 4.78 is 20.3. The standard InChI is InChI=1S/C32H33FN4O4/c33-24-8-4-7-22(15-24)17-34-27-13-14-36(18-21-5-2-1-3-6-21)20-29(27)41-25-9-10-26-23(16-25)19-37(32(26)40)28-11-12-30(38)35-31(28)39/h1-10,15-16,27-29,34H,11-14,17-20H2,(H,35,38,39)/t27-,28?,29-/m1/s1. The topological polar surface area (TPSA) is 91.0 Å². The smallest absolute Gasteiger partial charge is 0.255 e. The molecule has 2 saturated heterocycles. The lowest BCUT2D eigenvalue weighted by Crippen LogP contribution is -2.54. The van der Waals surface area contributed by atoms with Gasteiger partial charge in [-0.3, -0.25) is 24.6 Å². The molecule has 41 heavy (non-hydrogen) atoms. The van der Waals surface area contributed by atoms with E-state index in [0.717, 1.165) is 30.6 Å². The van der Waals surface area contributed by atoms with E-state index in [1.807, 2.05) is 36.4 Å². The first-order valence-electron chi connectivity index (χ1n) is 14.1. The van der Waals surface area contributed by atoms with E-state index in [-0.39, 0.29) is 36.2 Å². The Kier molecular flexibility index (Phi) is 7.80. The van der Waals surface area contributed by atoms with E-state index < -0.39 is 11.9 Å². The van der Waals surface area contributed by atoms with Gasteiger partial charge in [0.2, 0.25) is 11.8 Å². The fourth-order valence-corrected chi connectivity index (χ4v) is 6.01. The van der Waals surface area contributed by atoms with E-state index in [9.17, 15) is 18.8 Å². The van der Waals surface area contributed by atoms with Crippen molar-refractivity contribution in [3.05, 3.63) is 101 Å². The van der Waals surface area contributed by atoms with Gasteiger partial charge in [-0.1, -0.05) is 42.5 Å². The van der Waals surface area contributed by atoms with E-state index in [4.69, 9.17) is 4.74 Å². The van der Waals surface area contributed by atoms with Crippen LogP contribution in [0.1, 0.15) is 46.3 Å². The molecular formula is C32H33FN4O4. The molecule has 3 atom stereocenters. The summed E-state index contributed by atoms with van der Waals surface area (Å²) in [6.07, 6.45) is 1.23. The molecule has 3 aliphatic rings. The molecule has 8 nitrogen and oxygen atoms in total. The number of likely N-dealkylation sites (tertiary alicyclic amines) is 1. The minimum atomic E-state index is -0.654. The Morgan fingerprint density at radius 2 is 1.78 bits per heavy atom. The number of nitrogens with one attached hydrogen (secondary N) is 2. The molecule has 0 bridgehead atoms. The van der Waals surface area contributed by atoms with Crippen LogP contribution in [0, 0.1) is 5.82 Å². The Balaban J connectivity index is 1.17. The number of hydrogen-bond acceptors (Lipinski definition) is 6. The molecule has 2 fully saturated rings. The van der Waals surface area contributed by atoms with Gasteiger partial charge in [-0.2, -0.15) is 0 Å². The fourth-order valence-electron chi connectivity index (χ4n) is 6.01. The molecule has 0 radical (unpaired) electrons. The van der Waals surface area contributed by atoms with E-state index >= 15 is 0 Å². The van der Waals surface area contributed by atoms with Crippen molar-refractivity contribution in [1.29, 1.82) is 0 Å². The minimum Gasteiger partial charge on any atom is -0.487 e. The van der Waals surface area contributed by atoms with Crippen molar-refractivity contribution in [3.63, 3.8) is 0 Å². The van der Waals surface area contributed by atoms with Gasteiger partial charge in [0, 0.05) is 50.7 Å². The molecule has 0 aliphatic carbocycles. The number of hydrogen-bond donors (Lipinski definition) is 2. The van der Waals surface area contributed by atoms with Gasteiger partial charge in [-0.15, -0.1) is 0 Å². The molecule has 9 heteroatoms. The summed E-state index contributed by atoms with van der Waals surface area (Å²) in [4.78, 5) is 41.0. The molecule has 212 valence electrons. The van der Waals surface area contributed by atoms with Gasteiger partial charge in [-0.05, 0) is 59.9 Å². The lowest BCUT2D eigenvalue weighted by molar-refractivity contribution is -0.136. The van der Waals surface area contributed by atoms with Gasteiger partial charge in [0.1, 0.15) is 23.7 Å². The first-order chi connectivity index (χ1) is 19.9. The number of carbonyl (C=O) groups excluding carboxylic acids is 3. The molecule has 3 amide bonds. The third-order valence-corrected chi connectivity index (χ3v) is 8.13. The molecule has 0 aromatic heterocycles. The average Bonchev–Trinajstić information content (AvgIpc) is 3.28. The van der Waals surface area contributed by atoms with Gasteiger partial charge in [0.25, 0.3) is 5.91 Å². The largest absolute Gasteiger partial charge is 0.487 e. The zero-order valence-electron chi connectivity index (χ0n) is 22.7. The molecule has 0 saturated carbocycles. The van der Waals surface area contributed by atoms with Crippen LogP contribution in [0.4, 0.5) is 4.39 Å². The lowest BCUT2D eigenvalue weighted by atomic mass is 10.00. The molecule has 1 unspecified atom stereocenters. The van der Waals surface area contributed by atoms with Crippen molar-refractivity contribution in [3.8, 4) is 5.75 Å². The highest BCUT2D eigenvalue weighted by molar-refractivity contribution is 6.05. The van der Waals surface area contributed by atoms with Crippen LogP contribution in [0.25, 0.3) is 0 Å². The summed E-state index contributed by atoms with van der Waals surface area (Å²) in [6.45, 7) is 3.24. The molecular weight excluding hydrogens is 523 g/mol. The molecule has 3 aliphatic heterocycles. The number of amides is 3. The van der Waals surface area contributed by atoms with Crippen molar-refractivity contribution in [1.82, 2.24) is 20.4 Å². The maximum Gasteiger partial charge on any atom is 0.255 e. The number of rotatable bonds is 8. The average molecular weight is 557 g/mol. The second-order valence-corrected chi connectivity index (χ2v) is 11.0. The van der Waals surface area contributed by atoms with Crippen LogP contribution < -0.4 is 15.4 Å². The molecule has 3 aromatic rings. The molecule has 0 spiro atoms. The minimum absolute atomic E-state index is 0.0418. The van der Waals surface area contributed by atoms with Crippen molar-refractivity contribution in [2.75, 3.05) is 13.1 Å². The maximum absolute atomic E-state index is 13.8. The lowest BCUT2D eigenvalue weighted by Gasteiger charge is -2.39. The number of halogens is 1. The monoisotopic (exact) mass is 556 g/mol. The fraction of sp³-hybridized carbons (Fsp3) is 0.344. The van der Waals surface area contributed by atoms with E-state index in [1.165, 1.54) is 11.6 Å². The first kappa shape index (κ1) is 27.1. The van der Waals surface area contributed by atoms with Crippen molar-refractivity contribution >= 4 is 17.7 Å². The zero-order valence-corrected chi connectivity index (χ0v) is 22.7. The quantitative estimate of drug-likeness (QED) is 0.414. The Labute approximate surface area is 238 Å². The summed E-state index contributed by atoms with van der Waals surface area (Å²) >= 11 is 0. The number of imide groups is 1. The van der Waals surface area contributed by atoms with Crippen LogP contribution in [0.3, 0.4) is 0 Å². The highest BCUT2D eigenvalue weighted by atomic mass is 19.1. The van der Waals surface area contributed by atoms with Crippen LogP contribution in [0.2, 0.25) is 0 Å². The normalized spacial score (nSPS) is 22.9. The Morgan fingerprint density at radius 1 is 0.951 bits per heavy atom. The summed E-state index contributed by atoms with van der Waals surface area (Å²) in [6, 6.07) is 21.8. The number of ether oxygens (including phenoxy) is 1. The van der Waals surface area contributed by atoms with Crippen molar-refractivity contribution in [2.45, 2.75) is 57.1 Å². The number of benzene rings is 3. The third-order valence-electron chi connectivity index (χ3n) is 8.13. The molecule has 2 N–H and O–H groups in total. The van der Waals surface area contributed by atoms with Crippen molar-refractivity contribution < 1.29 is 23.5 Å². The molecule has 6 rings (SSSR count). The SMILES string of the molecule is O=C1CCC(N2Cc3cc(O[C@@H]4CN(Cc5ccccc5)CC[C@H]4NCc4cccc(F)c4)ccc3C2=O)C(=O)N1. The second kappa shape index (κ2) is 11.8. The first-order valence-corrected chi connectivity index (χ1v) is 14.1. The number of piperidine rings is 2. The van der Waals surface area contributed by atoms with Crippen LogP contribution >= 0.6 is 0 Å². The summed E-state index contributed by atoms with van der Waals surface area (Å²) in [5, 5.41) is 5.93. The Bertz CT molecular complexity index is 1450. The third kappa shape index (κ3) is 6.16. The van der Waals surface area contributed by atoms with Gasteiger partial charge >= 0.3 is 0 Å². The second-order valence-electron chi connectivity index (χ2n) is 11.0. The number of carbonyl (C=O) groups is 3. The predicted octanol–water partition coefficient (Wildman–Crippen LogP) is 3.40. The summed E-state index contributed by atoms with van der Waals surface area (Å²) in [5.41, 5.74) is 3.47. The van der Waals surface area contributed by atoms with Gasteiger partial charge < -0.3 is 15.0 Å². The van der Waals surface area contributed by atoms with Crippen LogP contribution in [-0.4, -0.2) is 58.8 Å². The van der Waals surface area contributed by atoms with Crippen LogP contribution in [-0.2, 0) is 29.2 Å². The molecule has 3 heterocycles. The predicted molar refractivity (Wildman–Crippen MR) is 150 cm³/mol. The van der Waals surface area contributed by atoms with E-state index in [2.05, 4.69) is 27.7 Å². The van der Waals surface area contributed by atoms with Gasteiger partial charge in [-0.25, -0.2) is 4.39 Å². The highest BCUT2D eigenvalue weighted by Crippen LogP contribution is 2.31. The van der Waals surface area contributed by atoms with Crippen LogP contribution in [0.15, 0.2) is 72.8 Å². The van der Waals surface area contributed by atoms with E-state index in [0.29, 0.717) is 37.4 Å². The Morgan fingerprint density at radius 3 is 2.59 bits per heavy atom. The zero-order chi connectivity index (χ0) is 28.3. The van der Waals surface area contributed by atoms with Gasteiger partial charge in [0.05, 0.1) is 0 Å². The summed E-state index contributed by atoms with van der Waals surface area (Å²) in [5.74, 6) is -0.533. The van der Waals surface area contributed by atoms with Crippen LogP contribution in [0.5, 0.6) is 5.75 Å². The molecule has 3 aromatic carbocycles. The Hall–Kier alpha value is -4.08. The van der Waals surface area contributed by atoms with Crippen molar-refractivity contribution in [2.24, 2.45) is 0 Å². The number of nitrogens with zero attached hydrogens (tertiary/aromatic N) is 2. The summed E-state index contributed by atoms with van der Waals surface area (Å²) in [7, 11) is 0. The van der Waals surface area contributed by atoms with Gasteiger partial charge in [0.15, 0.2) is 0 Å². The van der Waals surface area contributed by atoms with E-state index in [1.54, 1.807) is 23.1 Å². The number of fused-ring (bicyclic) bond motifs is 1.